The zero-order valence-corrected chi connectivity index (χ0v) is 12.7. The minimum absolute atomic E-state index is 0.572. The third kappa shape index (κ3) is 4.25. The fraction of sp³-hybridized carbons (Fsp3) is 0.400. The quantitative estimate of drug-likeness (QED) is 0.853. The first-order valence-corrected chi connectivity index (χ1v) is 7.19. The Bertz CT molecular complexity index is 534. The maximum Gasteiger partial charge on any atom is 0.119 e. The molecule has 1 aromatic carbocycles. The van der Waals surface area contributed by atoms with Crippen molar-refractivity contribution < 1.29 is 4.74 Å². The Kier molecular flexibility index (Phi) is 5.44. The van der Waals surface area contributed by atoms with Gasteiger partial charge in [-0.2, -0.15) is 5.10 Å². The normalized spacial score (nSPS) is 10.8. The first-order valence-electron chi connectivity index (χ1n) is 6.81. The van der Waals surface area contributed by atoms with Crippen LogP contribution in [0.5, 0.6) is 5.75 Å². The van der Waals surface area contributed by atoms with E-state index in [1.807, 2.05) is 25.3 Å². The highest BCUT2D eigenvalue weighted by Crippen LogP contribution is 2.14. The van der Waals surface area contributed by atoms with E-state index in [2.05, 4.69) is 29.5 Å². The van der Waals surface area contributed by atoms with Crippen molar-refractivity contribution in [2.24, 2.45) is 0 Å². The molecule has 0 saturated carbocycles. The van der Waals surface area contributed by atoms with E-state index in [0.29, 0.717) is 18.2 Å². The Morgan fingerprint density at radius 2 is 2.25 bits per heavy atom. The molecule has 2 rings (SSSR count). The van der Waals surface area contributed by atoms with Crippen LogP contribution >= 0.6 is 11.6 Å². The standard InChI is InChI=1S/C15H20ClN3O/c1-3-17-10-13-5-4-6-14(9-13)20-8-7-19-11-15(16)12(2)18-19/h4-6,9,11,17H,3,7-8,10H2,1-2H3. The Labute approximate surface area is 124 Å². The number of hydrogen-bond acceptors (Lipinski definition) is 3. The minimum Gasteiger partial charge on any atom is -0.492 e. The van der Waals surface area contributed by atoms with E-state index in [0.717, 1.165) is 24.5 Å². The molecule has 1 N–H and O–H groups in total. The predicted octanol–water partition coefficient (Wildman–Crippen LogP) is 3.03. The zero-order valence-electron chi connectivity index (χ0n) is 11.9. The number of aryl methyl sites for hydroxylation is 1. The number of halogens is 1. The largest absolute Gasteiger partial charge is 0.492 e. The van der Waals surface area contributed by atoms with Gasteiger partial charge in [-0.25, -0.2) is 0 Å². The second-order valence-electron chi connectivity index (χ2n) is 4.60. The summed E-state index contributed by atoms with van der Waals surface area (Å²) in [4.78, 5) is 0. The molecule has 0 radical (unpaired) electrons. The van der Waals surface area contributed by atoms with Gasteiger partial charge in [-0.3, -0.25) is 4.68 Å². The van der Waals surface area contributed by atoms with E-state index in [9.17, 15) is 0 Å². The average Bonchev–Trinajstić information content (AvgIpc) is 2.76. The molecule has 5 heteroatoms. The molecule has 20 heavy (non-hydrogen) atoms. The first-order chi connectivity index (χ1) is 9.69. The molecule has 0 amide bonds. The van der Waals surface area contributed by atoms with Crippen LogP contribution in [0, 0.1) is 6.92 Å². The number of hydrogen-bond donors (Lipinski definition) is 1. The molecule has 1 aromatic heterocycles. The monoisotopic (exact) mass is 293 g/mol. The molecule has 2 aromatic rings. The molecule has 0 aliphatic carbocycles. The highest BCUT2D eigenvalue weighted by Gasteiger charge is 2.02. The summed E-state index contributed by atoms with van der Waals surface area (Å²) in [5.41, 5.74) is 2.07. The third-order valence-electron chi connectivity index (χ3n) is 2.95. The summed E-state index contributed by atoms with van der Waals surface area (Å²) in [5.74, 6) is 0.885. The lowest BCUT2D eigenvalue weighted by molar-refractivity contribution is 0.291. The maximum absolute atomic E-state index is 5.96. The Morgan fingerprint density at radius 3 is 2.95 bits per heavy atom. The zero-order chi connectivity index (χ0) is 14.4. The summed E-state index contributed by atoms with van der Waals surface area (Å²) < 4.78 is 7.55. The van der Waals surface area contributed by atoms with E-state index in [-0.39, 0.29) is 0 Å². The third-order valence-corrected chi connectivity index (χ3v) is 3.32. The fourth-order valence-corrected chi connectivity index (χ4v) is 2.03. The van der Waals surface area contributed by atoms with E-state index in [1.54, 1.807) is 4.68 Å². The van der Waals surface area contributed by atoms with Gasteiger partial charge in [-0.05, 0) is 31.2 Å². The van der Waals surface area contributed by atoms with Crippen molar-refractivity contribution in [2.45, 2.75) is 26.9 Å². The van der Waals surface area contributed by atoms with Crippen LogP contribution in [0.1, 0.15) is 18.2 Å². The van der Waals surface area contributed by atoms with Crippen LogP contribution in [0.25, 0.3) is 0 Å². The molecule has 0 bridgehead atoms. The topological polar surface area (TPSA) is 39.1 Å². The van der Waals surface area contributed by atoms with E-state index in [4.69, 9.17) is 16.3 Å². The van der Waals surface area contributed by atoms with Gasteiger partial charge in [-0.15, -0.1) is 0 Å². The van der Waals surface area contributed by atoms with E-state index >= 15 is 0 Å². The lowest BCUT2D eigenvalue weighted by Crippen LogP contribution is -2.12. The van der Waals surface area contributed by atoms with E-state index in [1.165, 1.54) is 5.56 Å². The maximum atomic E-state index is 5.96. The van der Waals surface area contributed by atoms with E-state index < -0.39 is 0 Å². The lowest BCUT2D eigenvalue weighted by Gasteiger charge is -2.08. The molecule has 0 fully saturated rings. The van der Waals surface area contributed by atoms with Crippen LogP contribution in [0.4, 0.5) is 0 Å². The molecule has 4 nitrogen and oxygen atoms in total. The molecule has 1 heterocycles. The fourth-order valence-electron chi connectivity index (χ4n) is 1.88. The smallest absolute Gasteiger partial charge is 0.119 e. The van der Waals surface area contributed by atoms with Crippen molar-refractivity contribution >= 4 is 11.6 Å². The van der Waals surface area contributed by atoms with Crippen LogP contribution in [-0.4, -0.2) is 22.9 Å². The van der Waals surface area contributed by atoms with Gasteiger partial charge < -0.3 is 10.1 Å². The van der Waals surface area contributed by atoms with Gasteiger partial charge in [0.25, 0.3) is 0 Å². The molecule has 0 atom stereocenters. The van der Waals surface area contributed by atoms with Gasteiger partial charge in [0.05, 0.1) is 17.3 Å². The second kappa shape index (κ2) is 7.31. The number of nitrogens with zero attached hydrogens (tertiary/aromatic N) is 2. The van der Waals surface area contributed by atoms with Crippen LogP contribution in [0.3, 0.4) is 0 Å². The molecule has 0 saturated heterocycles. The predicted molar refractivity (Wildman–Crippen MR) is 81.3 cm³/mol. The van der Waals surface area contributed by atoms with Gasteiger partial charge in [-0.1, -0.05) is 30.7 Å². The van der Waals surface area contributed by atoms with Crippen molar-refractivity contribution in [3.63, 3.8) is 0 Å². The number of nitrogens with one attached hydrogen (secondary N) is 1. The molecule has 0 unspecified atom stereocenters. The molecular weight excluding hydrogens is 274 g/mol. The van der Waals surface area contributed by atoms with Crippen molar-refractivity contribution in [1.29, 1.82) is 0 Å². The number of ether oxygens (including phenoxy) is 1. The average molecular weight is 294 g/mol. The summed E-state index contributed by atoms with van der Waals surface area (Å²) in [6, 6.07) is 8.13. The molecule has 0 spiro atoms. The van der Waals surface area contributed by atoms with Gasteiger partial charge in [0.1, 0.15) is 12.4 Å². The van der Waals surface area contributed by atoms with Crippen molar-refractivity contribution in [1.82, 2.24) is 15.1 Å². The second-order valence-corrected chi connectivity index (χ2v) is 5.01. The van der Waals surface area contributed by atoms with Crippen LogP contribution in [0.15, 0.2) is 30.5 Å². The number of rotatable bonds is 7. The summed E-state index contributed by atoms with van der Waals surface area (Å²) in [7, 11) is 0. The van der Waals surface area contributed by atoms with Crippen LogP contribution < -0.4 is 10.1 Å². The summed E-state index contributed by atoms with van der Waals surface area (Å²) in [6.07, 6.45) is 1.82. The Hall–Kier alpha value is -1.52. The van der Waals surface area contributed by atoms with Crippen LogP contribution in [-0.2, 0) is 13.1 Å². The highest BCUT2D eigenvalue weighted by atomic mass is 35.5. The van der Waals surface area contributed by atoms with Crippen LogP contribution in [0.2, 0.25) is 5.02 Å². The summed E-state index contributed by atoms with van der Waals surface area (Å²) in [5, 5.41) is 8.28. The molecule has 0 aliphatic heterocycles. The van der Waals surface area contributed by atoms with Crippen molar-refractivity contribution in [3.05, 3.63) is 46.7 Å². The van der Waals surface area contributed by atoms with Crippen molar-refractivity contribution in [3.8, 4) is 5.75 Å². The molecule has 0 aliphatic rings. The van der Waals surface area contributed by atoms with Gasteiger partial charge in [0, 0.05) is 12.7 Å². The Morgan fingerprint density at radius 1 is 1.40 bits per heavy atom. The summed E-state index contributed by atoms with van der Waals surface area (Å²) in [6.45, 7) is 7.07. The minimum atomic E-state index is 0.572. The lowest BCUT2D eigenvalue weighted by atomic mass is 10.2. The summed E-state index contributed by atoms with van der Waals surface area (Å²) >= 11 is 5.96. The molecule has 108 valence electrons. The van der Waals surface area contributed by atoms with Gasteiger partial charge >= 0.3 is 0 Å². The van der Waals surface area contributed by atoms with Gasteiger partial charge in [0.15, 0.2) is 0 Å². The SMILES string of the molecule is CCNCc1cccc(OCCn2cc(Cl)c(C)n2)c1. The number of benzene rings is 1. The Balaban J connectivity index is 1.84. The number of aromatic nitrogens is 2. The molecular formula is C15H20ClN3O. The highest BCUT2D eigenvalue weighted by molar-refractivity contribution is 6.31. The van der Waals surface area contributed by atoms with Gasteiger partial charge in [0.2, 0.25) is 0 Å². The first kappa shape index (κ1) is 14.9. The van der Waals surface area contributed by atoms with Crippen molar-refractivity contribution in [2.75, 3.05) is 13.2 Å².